The van der Waals surface area contributed by atoms with Gasteiger partial charge >= 0.3 is 5.97 Å². The molecule has 0 aliphatic carbocycles. The summed E-state index contributed by atoms with van der Waals surface area (Å²) in [5, 5.41) is 11.1. The van der Waals surface area contributed by atoms with E-state index in [0.29, 0.717) is 29.0 Å². The minimum Gasteiger partial charge on any atom is -0.494 e. The van der Waals surface area contributed by atoms with Gasteiger partial charge in [-0.3, -0.25) is 9.59 Å². The molecule has 7 heteroatoms. The maximum Gasteiger partial charge on any atom is 0.305 e. The molecule has 3 aromatic rings. The number of nitrogens with one attached hydrogen (secondary N) is 1. The number of ether oxygens (including phenoxy) is 1. The quantitative estimate of drug-likeness (QED) is 0.443. The third kappa shape index (κ3) is 6.63. The predicted molar refractivity (Wildman–Crippen MR) is 117 cm³/mol. The molecule has 0 unspecified atom stereocenters. The van der Waals surface area contributed by atoms with Gasteiger partial charge in [0.2, 0.25) is 0 Å². The minimum absolute atomic E-state index is 0.0756. The smallest absolute Gasteiger partial charge is 0.305 e. The second-order valence-corrected chi connectivity index (χ2v) is 7.20. The Balaban J connectivity index is 1.43. The number of rotatable bonds is 10. The summed E-state index contributed by atoms with van der Waals surface area (Å²) >= 11 is 0. The van der Waals surface area contributed by atoms with E-state index in [1.807, 2.05) is 24.3 Å². The number of hydrogen-bond donors (Lipinski definition) is 2. The topological polar surface area (TPSA) is 75.6 Å². The molecule has 0 atom stereocenters. The van der Waals surface area contributed by atoms with Crippen LogP contribution in [0.25, 0.3) is 11.1 Å². The van der Waals surface area contributed by atoms with Crippen LogP contribution in [0.4, 0.5) is 8.78 Å². The summed E-state index contributed by atoms with van der Waals surface area (Å²) in [5.74, 6) is -1.85. The summed E-state index contributed by atoms with van der Waals surface area (Å²) in [7, 11) is 0. The lowest BCUT2D eigenvalue weighted by molar-refractivity contribution is -0.136. The number of hydrogen-bond acceptors (Lipinski definition) is 3. The third-order valence-electron chi connectivity index (χ3n) is 4.82. The Hall–Kier alpha value is -3.74. The molecule has 0 radical (unpaired) electrons. The van der Waals surface area contributed by atoms with Gasteiger partial charge in [-0.05, 0) is 60.4 Å². The zero-order valence-electron chi connectivity index (χ0n) is 17.3. The van der Waals surface area contributed by atoms with E-state index in [1.54, 1.807) is 24.3 Å². The second-order valence-electron chi connectivity index (χ2n) is 7.20. The molecule has 5 nitrogen and oxygen atoms in total. The summed E-state index contributed by atoms with van der Waals surface area (Å²) in [6.45, 7) is 0.560. The van der Waals surface area contributed by atoms with Gasteiger partial charge in [0, 0.05) is 23.7 Å². The maximum atomic E-state index is 13.9. The van der Waals surface area contributed by atoms with E-state index >= 15 is 0 Å². The number of carbonyl (C=O) groups excluding carboxylic acids is 1. The highest BCUT2D eigenvalue weighted by Crippen LogP contribution is 2.24. The van der Waals surface area contributed by atoms with Crippen LogP contribution < -0.4 is 10.1 Å². The first kappa shape index (κ1) is 22.9. The van der Waals surface area contributed by atoms with Crippen molar-refractivity contribution in [2.24, 2.45) is 0 Å². The average Bonchev–Trinajstić information content (AvgIpc) is 2.77. The van der Waals surface area contributed by atoms with Crippen molar-refractivity contribution in [2.75, 3.05) is 13.2 Å². The zero-order valence-corrected chi connectivity index (χ0v) is 17.3. The van der Waals surface area contributed by atoms with Gasteiger partial charge in [-0.25, -0.2) is 8.78 Å². The first-order valence-corrected chi connectivity index (χ1v) is 10.2. The van der Waals surface area contributed by atoms with Gasteiger partial charge in [0.1, 0.15) is 17.4 Å². The van der Waals surface area contributed by atoms with E-state index < -0.39 is 17.6 Å². The molecule has 1 amide bonds. The monoisotopic (exact) mass is 439 g/mol. The van der Waals surface area contributed by atoms with Gasteiger partial charge in [0.05, 0.1) is 13.0 Å². The van der Waals surface area contributed by atoms with E-state index in [4.69, 9.17) is 9.84 Å². The van der Waals surface area contributed by atoms with Crippen LogP contribution in [-0.2, 0) is 11.2 Å². The van der Waals surface area contributed by atoms with E-state index in [-0.39, 0.29) is 18.9 Å². The summed E-state index contributed by atoms with van der Waals surface area (Å²) in [5.41, 5.74) is 2.56. The molecule has 0 saturated heterocycles. The van der Waals surface area contributed by atoms with Gasteiger partial charge in [-0.1, -0.05) is 24.3 Å². The van der Waals surface area contributed by atoms with Crippen molar-refractivity contribution in [3.8, 4) is 16.9 Å². The fourth-order valence-electron chi connectivity index (χ4n) is 3.13. The Labute approximate surface area is 184 Å². The molecule has 0 aliphatic heterocycles. The van der Waals surface area contributed by atoms with Crippen LogP contribution in [-0.4, -0.2) is 30.1 Å². The lowest BCUT2D eigenvalue weighted by atomic mass is 10.0. The highest BCUT2D eigenvalue weighted by molar-refractivity contribution is 5.94. The molecule has 0 fully saturated rings. The summed E-state index contributed by atoms with van der Waals surface area (Å²) < 4.78 is 32.7. The average molecular weight is 439 g/mol. The highest BCUT2D eigenvalue weighted by Gasteiger charge is 2.08. The minimum atomic E-state index is -0.966. The van der Waals surface area contributed by atoms with Crippen LogP contribution in [0, 0.1) is 11.6 Å². The second kappa shape index (κ2) is 11.0. The number of aliphatic carboxylic acids is 1. The standard InChI is InChI=1S/C25H23F2NO4/c26-20-9-12-22(23(27)16-20)18-5-3-17(4-6-18)2-1-15-32-21-10-7-19(8-11-21)25(31)28-14-13-24(29)30/h3-12,16H,1-2,13-15H2,(H,28,31)(H,29,30). The van der Waals surface area contributed by atoms with Crippen LogP contribution in [0.1, 0.15) is 28.8 Å². The van der Waals surface area contributed by atoms with Gasteiger partial charge in [-0.15, -0.1) is 0 Å². The Morgan fingerprint density at radius 3 is 2.31 bits per heavy atom. The van der Waals surface area contributed by atoms with Crippen molar-refractivity contribution in [3.05, 3.63) is 89.5 Å². The first-order chi connectivity index (χ1) is 15.4. The fraction of sp³-hybridized carbons (Fsp3) is 0.200. The van der Waals surface area contributed by atoms with E-state index in [9.17, 15) is 18.4 Å². The molecular weight excluding hydrogens is 416 g/mol. The van der Waals surface area contributed by atoms with Gasteiger partial charge in [0.15, 0.2) is 0 Å². The molecule has 2 N–H and O–H groups in total. The van der Waals surface area contributed by atoms with Crippen LogP contribution >= 0.6 is 0 Å². The lowest BCUT2D eigenvalue weighted by Crippen LogP contribution is -2.25. The van der Waals surface area contributed by atoms with Gasteiger partial charge < -0.3 is 15.2 Å². The van der Waals surface area contributed by atoms with Crippen LogP contribution in [0.3, 0.4) is 0 Å². The molecule has 32 heavy (non-hydrogen) atoms. The number of aryl methyl sites for hydroxylation is 1. The molecule has 3 aromatic carbocycles. The SMILES string of the molecule is O=C(O)CCNC(=O)c1ccc(OCCCc2ccc(-c3ccc(F)cc3F)cc2)cc1. The van der Waals surface area contributed by atoms with Crippen LogP contribution in [0.5, 0.6) is 5.75 Å². The Kier molecular flexibility index (Phi) is 7.91. The maximum absolute atomic E-state index is 13.9. The number of carboxylic acid groups (broad SMARTS) is 1. The first-order valence-electron chi connectivity index (χ1n) is 10.2. The molecule has 0 aromatic heterocycles. The number of halogens is 2. The highest BCUT2D eigenvalue weighted by atomic mass is 19.1. The van der Waals surface area contributed by atoms with E-state index in [2.05, 4.69) is 5.32 Å². The van der Waals surface area contributed by atoms with Gasteiger partial charge in [0.25, 0.3) is 5.91 Å². The van der Waals surface area contributed by atoms with Crippen LogP contribution in [0.15, 0.2) is 66.7 Å². The molecular formula is C25H23F2NO4. The largest absolute Gasteiger partial charge is 0.494 e. The molecule has 166 valence electrons. The van der Waals surface area contributed by atoms with E-state index in [0.717, 1.165) is 24.5 Å². The lowest BCUT2D eigenvalue weighted by Gasteiger charge is -2.09. The molecule has 3 rings (SSSR count). The van der Waals surface area contributed by atoms with Crippen LogP contribution in [0.2, 0.25) is 0 Å². The molecule has 0 spiro atoms. The zero-order chi connectivity index (χ0) is 22.9. The summed E-state index contributed by atoms with van der Waals surface area (Å²) in [4.78, 5) is 22.4. The van der Waals surface area contributed by atoms with Crippen molar-refractivity contribution in [2.45, 2.75) is 19.3 Å². The number of carbonyl (C=O) groups is 2. The van der Waals surface area contributed by atoms with Gasteiger partial charge in [-0.2, -0.15) is 0 Å². The number of carboxylic acids is 1. The van der Waals surface area contributed by atoms with Crippen molar-refractivity contribution in [1.29, 1.82) is 0 Å². The number of amides is 1. The van der Waals surface area contributed by atoms with Crippen molar-refractivity contribution in [3.63, 3.8) is 0 Å². The van der Waals surface area contributed by atoms with E-state index in [1.165, 1.54) is 12.1 Å². The molecule has 0 heterocycles. The predicted octanol–water partition coefficient (Wildman–Crippen LogP) is 4.85. The molecule has 0 aliphatic rings. The molecule has 0 saturated carbocycles. The Morgan fingerprint density at radius 1 is 0.938 bits per heavy atom. The Bertz CT molecular complexity index is 1070. The van der Waals surface area contributed by atoms with Crippen molar-refractivity contribution in [1.82, 2.24) is 5.32 Å². The molecule has 0 bridgehead atoms. The number of benzene rings is 3. The van der Waals surface area contributed by atoms with Crippen molar-refractivity contribution >= 4 is 11.9 Å². The summed E-state index contributed by atoms with van der Waals surface area (Å²) in [6, 6.07) is 17.6. The summed E-state index contributed by atoms with van der Waals surface area (Å²) in [6.07, 6.45) is 1.41. The fourth-order valence-corrected chi connectivity index (χ4v) is 3.13. The Morgan fingerprint density at radius 2 is 1.66 bits per heavy atom. The van der Waals surface area contributed by atoms with Crippen molar-refractivity contribution < 1.29 is 28.2 Å². The third-order valence-corrected chi connectivity index (χ3v) is 4.82. The normalized spacial score (nSPS) is 10.6.